The van der Waals surface area contributed by atoms with Crippen LogP contribution in [0.25, 0.3) is 0 Å². The molecule has 0 fully saturated rings. The summed E-state index contributed by atoms with van der Waals surface area (Å²) in [7, 11) is 0. The average molecular weight is 315 g/mol. The lowest BCUT2D eigenvalue weighted by Gasteiger charge is -2.08. The summed E-state index contributed by atoms with van der Waals surface area (Å²) in [6.07, 6.45) is -2.92. The Morgan fingerprint density at radius 3 is 2.64 bits per heavy atom. The van der Waals surface area contributed by atoms with E-state index in [9.17, 15) is 17.6 Å². The summed E-state index contributed by atoms with van der Waals surface area (Å²) >= 11 is 0. The number of benzene rings is 1. The molecule has 1 aromatic heterocycles. The van der Waals surface area contributed by atoms with Crippen molar-refractivity contribution in [2.24, 2.45) is 0 Å². The lowest BCUT2D eigenvalue weighted by Crippen LogP contribution is -2.07. The van der Waals surface area contributed by atoms with Crippen molar-refractivity contribution < 1.29 is 22.0 Å². The van der Waals surface area contributed by atoms with E-state index >= 15 is 0 Å². The first-order valence-electron chi connectivity index (χ1n) is 6.81. The van der Waals surface area contributed by atoms with Gasteiger partial charge in [-0.25, -0.2) is 4.39 Å². The Bertz CT molecular complexity index is 622. The van der Waals surface area contributed by atoms with Crippen LogP contribution < -0.4 is 0 Å². The summed E-state index contributed by atoms with van der Waals surface area (Å²) in [4.78, 5) is 0. The van der Waals surface area contributed by atoms with Crippen LogP contribution in [0.4, 0.5) is 17.6 Å². The van der Waals surface area contributed by atoms with Crippen molar-refractivity contribution >= 4 is 0 Å². The van der Waals surface area contributed by atoms with Crippen molar-refractivity contribution in [1.82, 2.24) is 10.2 Å². The molecule has 1 radical (unpaired) electrons. The fraction of sp³-hybridized carbons (Fsp3) is 0.400. The molecule has 0 aliphatic heterocycles. The van der Waals surface area contributed by atoms with Gasteiger partial charge in [-0.05, 0) is 30.0 Å². The van der Waals surface area contributed by atoms with Crippen LogP contribution in [0.3, 0.4) is 0 Å². The van der Waals surface area contributed by atoms with Gasteiger partial charge in [-0.3, -0.25) is 0 Å². The third-order valence-electron chi connectivity index (χ3n) is 3.05. The number of hydrogen-bond acceptors (Lipinski definition) is 3. The van der Waals surface area contributed by atoms with Crippen molar-refractivity contribution in [3.8, 4) is 0 Å². The molecule has 22 heavy (non-hydrogen) atoms. The number of aryl methyl sites for hydroxylation is 2. The summed E-state index contributed by atoms with van der Waals surface area (Å²) in [6.45, 7) is 1.65. The second kappa shape index (κ2) is 6.89. The molecule has 2 aromatic rings. The zero-order valence-electron chi connectivity index (χ0n) is 12.0. The van der Waals surface area contributed by atoms with Crippen LogP contribution in [-0.4, -0.2) is 16.4 Å². The number of alkyl halides is 3. The Labute approximate surface area is 125 Å². The molecule has 3 nitrogen and oxygen atoms in total. The van der Waals surface area contributed by atoms with Crippen LogP contribution in [0.5, 0.6) is 0 Å². The molecule has 0 saturated carbocycles. The molecule has 0 bridgehead atoms. The first-order valence-corrected chi connectivity index (χ1v) is 6.81. The highest BCUT2D eigenvalue weighted by Crippen LogP contribution is 2.23. The van der Waals surface area contributed by atoms with Gasteiger partial charge in [-0.2, -0.15) is 13.2 Å². The standard InChI is InChI=1S/C15H15F4N2O/c1-10-20-21-14(22-10)7-5-12-9-11(4-6-13(12)16)3-2-8-15(17,18)19/h4-6,9H,2-3,7-8H2,1H3. The highest BCUT2D eigenvalue weighted by Gasteiger charge is 2.25. The van der Waals surface area contributed by atoms with Crippen LogP contribution >= 0.6 is 0 Å². The van der Waals surface area contributed by atoms with Gasteiger partial charge < -0.3 is 4.42 Å². The molecule has 0 unspecified atom stereocenters. The number of nitrogens with zero attached hydrogens (tertiary/aromatic N) is 2. The van der Waals surface area contributed by atoms with Gasteiger partial charge in [0.05, 0.1) is 0 Å². The molecule has 0 atom stereocenters. The minimum Gasteiger partial charge on any atom is -0.426 e. The Balaban J connectivity index is 1.94. The van der Waals surface area contributed by atoms with Gasteiger partial charge in [0.15, 0.2) is 0 Å². The minimum absolute atomic E-state index is 0.0164. The molecule has 0 amide bonds. The quantitative estimate of drug-likeness (QED) is 0.750. The van der Waals surface area contributed by atoms with Crippen molar-refractivity contribution in [2.45, 2.75) is 38.8 Å². The van der Waals surface area contributed by atoms with Crippen molar-refractivity contribution in [3.05, 3.63) is 53.3 Å². The smallest absolute Gasteiger partial charge is 0.389 e. The van der Waals surface area contributed by atoms with E-state index in [1.807, 2.05) is 0 Å². The van der Waals surface area contributed by atoms with E-state index in [0.717, 1.165) is 0 Å². The van der Waals surface area contributed by atoms with Crippen LogP contribution in [0.2, 0.25) is 0 Å². The Kier molecular flexibility index (Phi) is 5.15. The van der Waals surface area contributed by atoms with Crippen molar-refractivity contribution in [2.75, 3.05) is 0 Å². The SMILES string of the molecule is Cc1nnc(C[CH]c2cc(CCCC(F)(F)F)ccc2F)o1. The van der Waals surface area contributed by atoms with Gasteiger partial charge in [0.1, 0.15) is 5.82 Å². The highest BCUT2D eigenvalue weighted by molar-refractivity contribution is 5.31. The maximum Gasteiger partial charge on any atom is 0.389 e. The molecule has 1 aromatic carbocycles. The van der Waals surface area contributed by atoms with Gasteiger partial charge in [-0.15, -0.1) is 10.2 Å². The normalized spacial score (nSPS) is 11.9. The molecule has 7 heteroatoms. The topological polar surface area (TPSA) is 38.9 Å². The summed E-state index contributed by atoms with van der Waals surface area (Å²) in [5.41, 5.74) is 0.985. The van der Waals surface area contributed by atoms with Gasteiger partial charge in [0, 0.05) is 26.2 Å². The van der Waals surface area contributed by atoms with E-state index in [4.69, 9.17) is 4.42 Å². The third-order valence-corrected chi connectivity index (χ3v) is 3.05. The monoisotopic (exact) mass is 315 g/mol. The minimum atomic E-state index is -4.16. The van der Waals surface area contributed by atoms with Crippen LogP contribution in [0.1, 0.15) is 35.7 Å². The Morgan fingerprint density at radius 1 is 1.23 bits per heavy atom. The van der Waals surface area contributed by atoms with Crippen molar-refractivity contribution in [1.29, 1.82) is 0 Å². The summed E-state index contributed by atoms with van der Waals surface area (Å²) in [5, 5.41) is 7.46. The molecule has 1 heterocycles. The van der Waals surface area contributed by atoms with Crippen LogP contribution in [0.15, 0.2) is 22.6 Å². The van der Waals surface area contributed by atoms with E-state index in [1.54, 1.807) is 19.4 Å². The zero-order valence-corrected chi connectivity index (χ0v) is 12.0. The molecule has 0 aliphatic carbocycles. The molecule has 0 spiro atoms. The average Bonchev–Trinajstić information content (AvgIpc) is 2.83. The van der Waals surface area contributed by atoms with Gasteiger partial charge in [0.2, 0.25) is 11.8 Å². The zero-order chi connectivity index (χ0) is 16.2. The summed E-state index contributed by atoms with van der Waals surface area (Å²) < 4.78 is 55.3. The first kappa shape index (κ1) is 16.5. The summed E-state index contributed by atoms with van der Waals surface area (Å²) in [5.74, 6) is 0.347. The number of aromatic nitrogens is 2. The van der Waals surface area contributed by atoms with E-state index < -0.39 is 18.4 Å². The van der Waals surface area contributed by atoms with E-state index in [1.165, 1.54) is 12.1 Å². The van der Waals surface area contributed by atoms with E-state index in [-0.39, 0.29) is 19.3 Å². The van der Waals surface area contributed by atoms with Crippen LogP contribution in [0, 0.1) is 19.2 Å². The van der Waals surface area contributed by atoms with Crippen LogP contribution in [-0.2, 0) is 12.8 Å². The third kappa shape index (κ3) is 5.13. The molecule has 119 valence electrons. The fourth-order valence-electron chi connectivity index (χ4n) is 2.02. The molecule has 2 rings (SSSR count). The Morgan fingerprint density at radius 2 is 2.00 bits per heavy atom. The molecular weight excluding hydrogens is 300 g/mol. The summed E-state index contributed by atoms with van der Waals surface area (Å²) in [6, 6.07) is 4.31. The highest BCUT2D eigenvalue weighted by atomic mass is 19.4. The Hall–Kier alpha value is -1.92. The second-order valence-corrected chi connectivity index (χ2v) is 4.95. The largest absolute Gasteiger partial charge is 0.426 e. The van der Waals surface area contributed by atoms with Gasteiger partial charge >= 0.3 is 6.18 Å². The lowest BCUT2D eigenvalue weighted by molar-refractivity contribution is -0.135. The lowest BCUT2D eigenvalue weighted by atomic mass is 10.0. The van der Waals surface area contributed by atoms with E-state index in [2.05, 4.69) is 10.2 Å². The molecule has 0 aliphatic rings. The van der Waals surface area contributed by atoms with Gasteiger partial charge in [-0.1, -0.05) is 12.1 Å². The second-order valence-electron chi connectivity index (χ2n) is 4.95. The number of halogens is 4. The fourth-order valence-corrected chi connectivity index (χ4v) is 2.02. The number of hydrogen-bond donors (Lipinski definition) is 0. The number of rotatable bonds is 6. The predicted molar refractivity (Wildman–Crippen MR) is 71.5 cm³/mol. The van der Waals surface area contributed by atoms with Gasteiger partial charge in [0.25, 0.3) is 0 Å². The molecular formula is C15H15F4N2O. The molecule has 0 saturated heterocycles. The predicted octanol–water partition coefficient (Wildman–Crippen LogP) is 4.20. The van der Waals surface area contributed by atoms with Crippen molar-refractivity contribution in [3.63, 3.8) is 0 Å². The molecule has 0 N–H and O–H groups in total. The maximum absolute atomic E-state index is 13.7. The first-order chi connectivity index (χ1) is 10.3. The maximum atomic E-state index is 13.7. The van der Waals surface area contributed by atoms with E-state index in [0.29, 0.717) is 22.9 Å².